The van der Waals surface area contributed by atoms with E-state index < -0.39 is 17.7 Å². The number of rotatable bonds is 13. The Morgan fingerprint density at radius 3 is 2.08 bits per heavy atom. The van der Waals surface area contributed by atoms with E-state index in [1.165, 1.54) is 24.8 Å². The maximum atomic E-state index is 14.2. The molecule has 0 radical (unpaired) electrons. The molecular weight excluding hydrogens is 614 g/mol. The Kier molecular flexibility index (Phi) is 11.7. The normalized spacial score (nSPS) is 25.0. The number of hydrogen-bond donors (Lipinski definition) is 1. The van der Waals surface area contributed by atoms with E-state index in [2.05, 4.69) is 48.3 Å². The molecule has 0 unspecified atom stereocenters. The molecule has 3 aliphatic heterocycles. The van der Waals surface area contributed by atoms with Gasteiger partial charge in [0, 0.05) is 50.8 Å². The first-order chi connectivity index (χ1) is 23.8. The summed E-state index contributed by atoms with van der Waals surface area (Å²) in [5.74, 6) is -0.879. The molecule has 9 heteroatoms. The topological polar surface area (TPSA) is 93.3 Å². The monoisotopic (exact) mass is 669 g/mol. The third kappa shape index (κ3) is 8.72. The van der Waals surface area contributed by atoms with Crippen LogP contribution in [0.15, 0.2) is 60.7 Å². The zero-order valence-corrected chi connectivity index (χ0v) is 29.5. The summed E-state index contributed by atoms with van der Waals surface area (Å²) in [6.07, 6.45) is 9.98. The minimum atomic E-state index is -0.522. The lowest BCUT2D eigenvalue weighted by atomic mass is 9.87. The molecule has 0 aromatic heterocycles. The fraction of sp³-hybridized carbons (Fsp3) is 0.600. The molecule has 264 valence electrons. The quantitative estimate of drug-likeness (QED) is 0.322. The molecule has 6 rings (SSSR count). The van der Waals surface area contributed by atoms with Crippen LogP contribution in [0.5, 0.6) is 0 Å². The number of hydrogen-bond acceptors (Lipinski definition) is 5. The van der Waals surface area contributed by atoms with Crippen molar-refractivity contribution in [3.63, 3.8) is 0 Å². The van der Waals surface area contributed by atoms with Crippen LogP contribution in [0.4, 0.5) is 0 Å². The largest absolute Gasteiger partial charge is 0.346 e. The van der Waals surface area contributed by atoms with Gasteiger partial charge in [0.05, 0.1) is 6.04 Å². The highest BCUT2D eigenvalue weighted by molar-refractivity contribution is 6.36. The summed E-state index contributed by atoms with van der Waals surface area (Å²) in [4.78, 5) is 62.0. The second-order valence-electron chi connectivity index (χ2n) is 15.3. The molecule has 1 aliphatic carbocycles. The first-order valence-corrected chi connectivity index (χ1v) is 18.8. The molecule has 0 spiro atoms. The van der Waals surface area contributed by atoms with Gasteiger partial charge in [-0.1, -0.05) is 93.8 Å². The summed E-state index contributed by atoms with van der Waals surface area (Å²) in [7, 11) is 0. The average Bonchev–Trinajstić information content (AvgIpc) is 3.55. The van der Waals surface area contributed by atoms with Crippen molar-refractivity contribution in [2.75, 3.05) is 39.3 Å². The first-order valence-electron chi connectivity index (χ1n) is 18.8. The molecule has 4 fully saturated rings. The van der Waals surface area contributed by atoms with Gasteiger partial charge < -0.3 is 20.0 Å². The van der Waals surface area contributed by atoms with Gasteiger partial charge in [-0.05, 0) is 74.5 Å². The van der Waals surface area contributed by atoms with E-state index in [0.29, 0.717) is 57.4 Å². The van der Waals surface area contributed by atoms with Crippen LogP contribution >= 0.6 is 0 Å². The molecule has 2 aromatic rings. The van der Waals surface area contributed by atoms with Crippen molar-refractivity contribution in [2.24, 2.45) is 11.8 Å². The van der Waals surface area contributed by atoms with Crippen LogP contribution in [-0.4, -0.2) is 107 Å². The number of amides is 4. The van der Waals surface area contributed by atoms with Crippen LogP contribution in [0.25, 0.3) is 0 Å². The summed E-state index contributed by atoms with van der Waals surface area (Å²) in [6, 6.07) is 20.4. The summed E-state index contributed by atoms with van der Waals surface area (Å²) in [6.45, 7) is 7.91. The molecule has 1 N–H and O–H groups in total. The number of carbonyl (C=O) groups excluding carboxylic acids is 4. The number of nitrogens with one attached hydrogen (secondary N) is 1. The molecule has 0 bridgehead atoms. The van der Waals surface area contributed by atoms with Crippen molar-refractivity contribution in [2.45, 2.75) is 102 Å². The molecule has 4 atom stereocenters. The van der Waals surface area contributed by atoms with E-state index in [-0.39, 0.29) is 30.1 Å². The third-order valence-electron chi connectivity index (χ3n) is 11.3. The van der Waals surface area contributed by atoms with Crippen LogP contribution in [0.2, 0.25) is 0 Å². The van der Waals surface area contributed by atoms with Crippen LogP contribution < -0.4 is 5.32 Å². The van der Waals surface area contributed by atoms with Crippen molar-refractivity contribution in [3.05, 3.63) is 71.8 Å². The molecular formula is C40H55N5O4. The Morgan fingerprint density at radius 1 is 0.714 bits per heavy atom. The van der Waals surface area contributed by atoms with Crippen molar-refractivity contribution < 1.29 is 19.2 Å². The highest BCUT2D eigenvalue weighted by Gasteiger charge is 2.44. The van der Waals surface area contributed by atoms with E-state index >= 15 is 0 Å². The molecule has 4 aliphatic rings. The highest BCUT2D eigenvalue weighted by atomic mass is 16.2. The standard InChI is InChI=1S/C40H55N5O4/c1-29(2)21-34-24-41-37(46)38(47)44(34)27-33-19-12-20-42(33)26-35(22-30-13-6-3-7-14-30)45-28-36(23-31-15-8-4-9-16-31)43(39(48)40(45)49)25-32-17-10-5-11-18-32/h3-4,6-9,13-16,29,32-36H,5,10-12,17-28H2,1-2H3,(H,41,46)/t33-,34-,35-,36-/m0/s1. The molecule has 1 saturated carbocycles. The maximum Gasteiger partial charge on any atom is 0.312 e. The molecule has 4 amide bonds. The predicted octanol–water partition coefficient (Wildman–Crippen LogP) is 4.30. The van der Waals surface area contributed by atoms with Crippen molar-refractivity contribution in [3.8, 4) is 0 Å². The summed E-state index contributed by atoms with van der Waals surface area (Å²) in [5.41, 5.74) is 2.31. The summed E-state index contributed by atoms with van der Waals surface area (Å²) >= 11 is 0. The van der Waals surface area contributed by atoms with E-state index in [1.54, 1.807) is 0 Å². The van der Waals surface area contributed by atoms with Crippen LogP contribution in [0, 0.1) is 11.8 Å². The fourth-order valence-corrected chi connectivity index (χ4v) is 8.75. The smallest absolute Gasteiger partial charge is 0.312 e. The van der Waals surface area contributed by atoms with E-state index in [0.717, 1.165) is 44.2 Å². The number of nitrogens with zero attached hydrogens (tertiary/aromatic N) is 4. The fourth-order valence-electron chi connectivity index (χ4n) is 8.75. The lowest BCUT2D eigenvalue weighted by Crippen LogP contribution is -2.65. The number of benzene rings is 2. The van der Waals surface area contributed by atoms with Crippen molar-refractivity contribution in [1.29, 1.82) is 0 Å². The summed E-state index contributed by atoms with van der Waals surface area (Å²) < 4.78 is 0. The molecule has 3 saturated heterocycles. The Labute approximate surface area is 292 Å². The van der Waals surface area contributed by atoms with Crippen molar-refractivity contribution in [1.82, 2.24) is 24.9 Å². The Hall–Kier alpha value is -3.72. The van der Waals surface area contributed by atoms with Crippen LogP contribution in [0.3, 0.4) is 0 Å². The van der Waals surface area contributed by atoms with Gasteiger partial charge in [-0.25, -0.2) is 0 Å². The second kappa shape index (κ2) is 16.3. The summed E-state index contributed by atoms with van der Waals surface area (Å²) in [5, 5.41) is 2.79. The molecule has 9 nitrogen and oxygen atoms in total. The van der Waals surface area contributed by atoms with Gasteiger partial charge >= 0.3 is 23.6 Å². The van der Waals surface area contributed by atoms with E-state index in [4.69, 9.17) is 0 Å². The van der Waals surface area contributed by atoms with Crippen LogP contribution in [-0.2, 0) is 32.0 Å². The lowest BCUT2D eigenvalue weighted by molar-refractivity contribution is -0.162. The van der Waals surface area contributed by atoms with Gasteiger partial charge in [0.15, 0.2) is 0 Å². The Morgan fingerprint density at radius 2 is 1.39 bits per heavy atom. The van der Waals surface area contributed by atoms with Crippen LogP contribution in [0.1, 0.15) is 76.3 Å². The number of piperazine rings is 2. The van der Waals surface area contributed by atoms with E-state index in [1.807, 2.05) is 51.1 Å². The second-order valence-corrected chi connectivity index (χ2v) is 15.3. The Bertz CT molecular complexity index is 1430. The SMILES string of the molecule is CC(C)C[C@H]1CNC(=O)C(=O)N1C[C@@H]1CCCN1C[C@H](Cc1ccccc1)N1C[C@H](Cc2ccccc2)N(CC2CCCCC2)C(=O)C1=O. The van der Waals surface area contributed by atoms with Gasteiger partial charge in [0.1, 0.15) is 0 Å². The average molecular weight is 670 g/mol. The number of likely N-dealkylation sites (tertiary alicyclic amines) is 1. The minimum absolute atomic E-state index is 0.0250. The molecule has 3 heterocycles. The minimum Gasteiger partial charge on any atom is -0.346 e. The van der Waals surface area contributed by atoms with Gasteiger partial charge in [-0.2, -0.15) is 0 Å². The third-order valence-corrected chi connectivity index (χ3v) is 11.3. The zero-order valence-electron chi connectivity index (χ0n) is 29.5. The molecule has 49 heavy (non-hydrogen) atoms. The van der Waals surface area contributed by atoms with Gasteiger partial charge in [-0.3, -0.25) is 24.1 Å². The Balaban J connectivity index is 1.25. The van der Waals surface area contributed by atoms with Gasteiger partial charge in [0.25, 0.3) is 0 Å². The van der Waals surface area contributed by atoms with Gasteiger partial charge in [0.2, 0.25) is 0 Å². The maximum absolute atomic E-state index is 14.2. The van der Waals surface area contributed by atoms with Crippen molar-refractivity contribution >= 4 is 23.6 Å². The highest BCUT2D eigenvalue weighted by Crippen LogP contribution is 2.30. The van der Waals surface area contributed by atoms with E-state index in [9.17, 15) is 19.2 Å². The zero-order chi connectivity index (χ0) is 34.3. The van der Waals surface area contributed by atoms with Gasteiger partial charge in [-0.15, -0.1) is 0 Å². The predicted molar refractivity (Wildman–Crippen MR) is 190 cm³/mol. The molecule has 2 aromatic carbocycles. The number of carbonyl (C=O) groups is 4. The lowest BCUT2D eigenvalue weighted by Gasteiger charge is -2.46. The first kappa shape index (κ1) is 35.1.